The van der Waals surface area contributed by atoms with Crippen LogP contribution >= 0.6 is 11.3 Å². The molecule has 2 rings (SSSR count). The molecule has 7 heteroatoms. The van der Waals surface area contributed by atoms with Crippen LogP contribution in [0.4, 0.5) is 0 Å². The predicted molar refractivity (Wildman–Crippen MR) is 66.2 cm³/mol. The fraction of sp³-hybridized carbons (Fsp3) is 0.300. The van der Waals surface area contributed by atoms with E-state index in [0.29, 0.717) is 13.1 Å². The molecule has 2 aromatic heterocycles. The van der Waals surface area contributed by atoms with Crippen molar-refractivity contribution in [3.8, 4) is 0 Å². The van der Waals surface area contributed by atoms with Crippen molar-refractivity contribution in [1.29, 1.82) is 0 Å². The molecule has 5 nitrogen and oxygen atoms in total. The fourth-order valence-corrected chi connectivity index (χ4v) is 3.01. The van der Waals surface area contributed by atoms with Crippen LogP contribution in [0.25, 0.3) is 0 Å². The van der Waals surface area contributed by atoms with Gasteiger partial charge in [-0.05, 0) is 18.4 Å². The normalized spacial score (nSPS) is 11.8. The van der Waals surface area contributed by atoms with E-state index in [9.17, 15) is 8.42 Å². The standard InChI is InChI=1S/C10H13N3O2S2/c1-2-13-8-10(7-11-13)17(14,15)12-6-9-4-3-5-16-9/h3-5,7-8,12H,2,6H2,1H3. The molecule has 17 heavy (non-hydrogen) atoms. The smallest absolute Gasteiger partial charge is 0.244 e. The van der Waals surface area contributed by atoms with E-state index in [-0.39, 0.29) is 4.90 Å². The maximum absolute atomic E-state index is 11.9. The van der Waals surface area contributed by atoms with Gasteiger partial charge in [0.2, 0.25) is 10.0 Å². The van der Waals surface area contributed by atoms with E-state index in [1.807, 2.05) is 24.4 Å². The lowest BCUT2D eigenvalue weighted by Crippen LogP contribution is -2.22. The van der Waals surface area contributed by atoms with Gasteiger partial charge in [0.1, 0.15) is 4.90 Å². The first-order valence-corrected chi connectivity index (χ1v) is 7.52. The Bertz CT molecular complexity index is 572. The minimum atomic E-state index is -3.45. The summed E-state index contributed by atoms with van der Waals surface area (Å²) in [4.78, 5) is 1.19. The Morgan fingerprint density at radius 2 is 2.35 bits per heavy atom. The lowest BCUT2D eigenvalue weighted by Gasteiger charge is -2.02. The molecule has 0 aliphatic carbocycles. The Labute approximate surface area is 104 Å². The highest BCUT2D eigenvalue weighted by Gasteiger charge is 2.15. The molecule has 1 N–H and O–H groups in total. The number of aromatic nitrogens is 2. The minimum absolute atomic E-state index is 0.205. The van der Waals surface area contributed by atoms with Crippen molar-refractivity contribution in [1.82, 2.24) is 14.5 Å². The topological polar surface area (TPSA) is 64.0 Å². The lowest BCUT2D eigenvalue weighted by atomic mass is 10.5. The highest BCUT2D eigenvalue weighted by Crippen LogP contribution is 2.11. The number of sulfonamides is 1. The zero-order valence-electron chi connectivity index (χ0n) is 9.33. The Morgan fingerprint density at radius 1 is 1.53 bits per heavy atom. The van der Waals surface area contributed by atoms with Crippen LogP contribution in [0.15, 0.2) is 34.8 Å². The molecule has 2 aromatic rings. The summed E-state index contributed by atoms with van der Waals surface area (Å²) in [6.07, 6.45) is 2.89. The first kappa shape index (κ1) is 12.3. The van der Waals surface area contributed by atoms with E-state index >= 15 is 0 Å². The highest BCUT2D eigenvalue weighted by molar-refractivity contribution is 7.89. The Morgan fingerprint density at radius 3 is 2.94 bits per heavy atom. The van der Waals surface area contributed by atoms with Crippen molar-refractivity contribution in [3.05, 3.63) is 34.8 Å². The Balaban J connectivity index is 2.08. The van der Waals surface area contributed by atoms with Crippen LogP contribution in [0.2, 0.25) is 0 Å². The monoisotopic (exact) mass is 271 g/mol. The minimum Gasteiger partial charge on any atom is -0.272 e. The van der Waals surface area contributed by atoms with Crippen molar-refractivity contribution in [2.45, 2.75) is 24.9 Å². The zero-order valence-corrected chi connectivity index (χ0v) is 11.0. The molecular weight excluding hydrogens is 258 g/mol. The van der Waals surface area contributed by atoms with Crippen LogP contribution in [0, 0.1) is 0 Å². The zero-order chi connectivity index (χ0) is 12.3. The van der Waals surface area contributed by atoms with E-state index in [0.717, 1.165) is 4.88 Å². The van der Waals surface area contributed by atoms with Gasteiger partial charge in [-0.1, -0.05) is 6.07 Å². The molecule has 0 spiro atoms. The molecule has 0 aliphatic heterocycles. The van der Waals surface area contributed by atoms with Gasteiger partial charge < -0.3 is 0 Å². The first-order valence-electron chi connectivity index (χ1n) is 5.16. The molecule has 0 fully saturated rings. The number of hydrogen-bond donors (Lipinski definition) is 1. The third kappa shape index (κ3) is 2.93. The molecule has 0 aromatic carbocycles. The molecule has 0 amide bonds. The van der Waals surface area contributed by atoms with Gasteiger partial charge >= 0.3 is 0 Å². The second kappa shape index (κ2) is 4.99. The first-order chi connectivity index (χ1) is 8.12. The van der Waals surface area contributed by atoms with E-state index in [4.69, 9.17) is 0 Å². The summed E-state index contributed by atoms with van der Waals surface area (Å²) in [5.41, 5.74) is 0. The molecule has 0 unspecified atom stereocenters. The third-order valence-corrected chi connectivity index (χ3v) is 4.49. The Hall–Kier alpha value is -1.18. The molecule has 92 valence electrons. The van der Waals surface area contributed by atoms with Crippen LogP contribution in [-0.2, 0) is 23.1 Å². The van der Waals surface area contributed by atoms with Gasteiger partial charge in [0.25, 0.3) is 0 Å². The van der Waals surface area contributed by atoms with Crippen LogP contribution in [-0.4, -0.2) is 18.2 Å². The number of hydrogen-bond acceptors (Lipinski definition) is 4. The van der Waals surface area contributed by atoms with Gasteiger partial charge in [-0.2, -0.15) is 5.10 Å². The molecule has 0 saturated carbocycles. The summed E-state index contributed by atoms with van der Waals surface area (Å²) in [7, 11) is -3.45. The van der Waals surface area contributed by atoms with Crippen molar-refractivity contribution in [2.75, 3.05) is 0 Å². The van der Waals surface area contributed by atoms with E-state index in [2.05, 4.69) is 9.82 Å². The van der Waals surface area contributed by atoms with E-state index < -0.39 is 10.0 Å². The second-order valence-electron chi connectivity index (χ2n) is 3.44. The summed E-state index contributed by atoms with van der Waals surface area (Å²) in [6, 6.07) is 3.78. The summed E-state index contributed by atoms with van der Waals surface area (Å²) in [6.45, 7) is 2.88. The van der Waals surface area contributed by atoms with Crippen LogP contribution < -0.4 is 4.72 Å². The fourth-order valence-electron chi connectivity index (χ4n) is 1.32. The van der Waals surface area contributed by atoms with Gasteiger partial charge in [-0.15, -0.1) is 11.3 Å². The maximum Gasteiger partial charge on any atom is 0.244 e. The maximum atomic E-state index is 11.9. The molecule has 0 saturated heterocycles. The van der Waals surface area contributed by atoms with Crippen LogP contribution in [0.3, 0.4) is 0 Å². The van der Waals surface area contributed by atoms with Crippen molar-refractivity contribution >= 4 is 21.4 Å². The quantitative estimate of drug-likeness (QED) is 0.895. The molecule has 2 heterocycles. The molecule has 0 bridgehead atoms. The van der Waals surface area contributed by atoms with Gasteiger partial charge in [-0.25, -0.2) is 13.1 Å². The molecule has 0 atom stereocenters. The van der Waals surface area contributed by atoms with Gasteiger partial charge in [0, 0.05) is 24.2 Å². The molecular formula is C10H13N3O2S2. The van der Waals surface area contributed by atoms with Gasteiger partial charge in [0.05, 0.1) is 6.20 Å². The summed E-state index contributed by atoms with van der Waals surface area (Å²) in [5, 5.41) is 5.86. The van der Waals surface area contributed by atoms with Crippen molar-refractivity contribution in [3.63, 3.8) is 0 Å². The molecule has 0 radical (unpaired) electrons. The average molecular weight is 271 g/mol. The van der Waals surface area contributed by atoms with Gasteiger partial charge in [-0.3, -0.25) is 4.68 Å². The lowest BCUT2D eigenvalue weighted by molar-refractivity contribution is 0.581. The predicted octanol–water partition coefficient (Wildman–Crippen LogP) is 1.44. The van der Waals surface area contributed by atoms with Crippen molar-refractivity contribution < 1.29 is 8.42 Å². The largest absolute Gasteiger partial charge is 0.272 e. The summed E-state index contributed by atoms with van der Waals surface area (Å²) >= 11 is 1.52. The van der Waals surface area contributed by atoms with E-state index in [1.165, 1.54) is 23.7 Å². The number of nitrogens with one attached hydrogen (secondary N) is 1. The number of aryl methyl sites for hydroxylation is 1. The van der Waals surface area contributed by atoms with Crippen molar-refractivity contribution in [2.24, 2.45) is 0 Å². The van der Waals surface area contributed by atoms with Crippen LogP contribution in [0.5, 0.6) is 0 Å². The third-order valence-electron chi connectivity index (χ3n) is 2.26. The number of nitrogens with zero attached hydrogens (tertiary/aromatic N) is 2. The van der Waals surface area contributed by atoms with Crippen LogP contribution in [0.1, 0.15) is 11.8 Å². The number of thiophene rings is 1. The Kier molecular flexibility index (Phi) is 3.60. The highest BCUT2D eigenvalue weighted by atomic mass is 32.2. The molecule has 0 aliphatic rings. The summed E-state index contributed by atoms with van der Waals surface area (Å²) in [5.74, 6) is 0. The average Bonchev–Trinajstić information content (AvgIpc) is 2.98. The van der Waals surface area contributed by atoms with Gasteiger partial charge in [0.15, 0.2) is 0 Å². The summed E-state index contributed by atoms with van der Waals surface area (Å²) < 4.78 is 27.9. The SMILES string of the molecule is CCn1cc(S(=O)(=O)NCc2cccs2)cn1. The van der Waals surface area contributed by atoms with E-state index in [1.54, 1.807) is 4.68 Å². The number of rotatable bonds is 5. The second-order valence-corrected chi connectivity index (χ2v) is 6.23.